The van der Waals surface area contributed by atoms with Crippen molar-refractivity contribution in [2.45, 2.75) is 423 Å². The zero-order chi connectivity index (χ0) is 103. The van der Waals surface area contributed by atoms with Crippen molar-refractivity contribution in [1.82, 2.24) is 0 Å². The van der Waals surface area contributed by atoms with E-state index in [4.69, 9.17) is 8.22 Å². The number of Topliss-reactive ketones (excluding diaryl/α,β-unsaturated/α-hetero) is 1. The molecule has 9 nitrogen and oxygen atoms in total. The molecule has 0 atom stereocenters. The minimum absolute atomic E-state index is 0.0266. The van der Waals surface area contributed by atoms with E-state index in [2.05, 4.69) is 246 Å². The molecule has 0 spiro atoms. The van der Waals surface area contributed by atoms with E-state index in [1.54, 1.807) is 36.5 Å². The van der Waals surface area contributed by atoms with Gasteiger partial charge < -0.3 is 0 Å². The summed E-state index contributed by atoms with van der Waals surface area (Å²) >= 11 is 0. The molecule has 0 heterocycles. The van der Waals surface area contributed by atoms with Crippen molar-refractivity contribution >= 4 is 58.1 Å². The molecule has 0 bridgehead atoms. The second kappa shape index (κ2) is 64.7. The van der Waals surface area contributed by atoms with E-state index in [0.29, 0.717) is 81.2 Å². The van der Waals surface area contributed by atoms with Crippen LogP contribution >= 0.6 is 0 Å². The number of carbonyl (C=O) groups is 9. The largest absolute Gasteiger partial charge is 0.295 e. The second-order valence-corrected chi connectivity index (χ2v) is 47.5. The summed E-state index contributed by atoms with van der Waals surface area (Å²) in [6.07, 6.45) is 49.3. The molecule has 0 N–H and O–H groups in total. The van der Waals surface area contributed by atoms with Crippen molar-refractivity contribution in [2.24, 2.45) is 77.3 Å². The van der Waals surface area contributed by atoms with Crippen LogP contribution in [0.25, 0.3) is 6.08 Å². The summed E-state index contributed by atoms with van der Waals surface area (Å²) < 4.78 is 42.9. The van der Waals surface area contributed by atoms with Crippen LogP contribution in [0.15, 0.2) is 151 Å². The van der Waals surface area contributed by atoms with E-state index < -0.39 is 25.1 Å². The molecule has 0 aliphatic heterocycles. The molecule has 0 radical (unpaired) electrons. The molecule has 2 aromatic rings. The van der Waals surface area contributed by atoms with Gasteiger partial charge in [-0.1, -0.05) is 365 Å². The number of allylic oxidation sites excluding steroid dienone is 15. The highest BCUT2D eigenvalue weighted by Gasteiger charge is 2.21. The van der Waals surface area contributed by atoms with Crippen LogP contribution in [0.2, 0.25) is 0 Å². The summed E-state index contributed by atoms with van der Waals surface area (Å²) in [6.45, 7) is 70.9. The van der Waals surface area contributed by atoms with Crippen LogP contribution in [0, 0.1) is 89.2 Å². The van der Waals surface area contributed by atoms with Crippen LogP contribution in [-0.2, 0) is 43.2 Å². The molecule has 125 heavy (non-hydrogen) atoms. The summed E-state index contributed by atoms with van der Waals surface area (Å²) in [5.41, 5.74) is 3.42. The maximum Gasteiger partial charge on any atom is 0.205 e. The Bertz CT molecular complexity index is 3790. The van der Waals surface area contributed by atoms with Gasteiger partial charge in [-0.2, -0.15) is 0 Å². The molecular weight excluding hydrogens is 1540 g/mol. The zero-order valence-corrected chi connectivity index (χ0v) is 87.0. The van der Waals surface area contributed by atoms with Gasteiger partial charge >= 0.3 is 0 Å². The first-order valence-electron chi connectivity index (χ1n) is 50.0. The average Bonchev–Trinajstić information content (AvgIpc) is 1.74. The monoisotopic (exact) mass is 1740 g/mol. The lowest BCUT2D eigenvalue weighted by molar-refractivity contribution is -0.115. The number of benzene rings is 2. The Morgan fingerprint density at radius 3 is 0.928 bits per heavy atom. The van der Waals surface area contributed by atoms with Crippen molar-refractivity contribution in [3.8, 4) is 11.8 Å². The molecule has 2 aromatic carbocycles. The van der Waals surface area contributed by atoms with Crippen LogP contribution in [0.3, 0.4) is 0 Å². The lowest BCUT2D eigenvalue weighted by Crippen LogP contribution is -2.08. The van der Waals surface area contributed by atoms with Crippen molar-refractivity contribution in [3.05, 3.63) is 162 Å². The van der Waals surface area contributed by atoms with Crippen molar-refractivity contribution < 1.29 is 51.4 Å². The average molecular weight is 1740 g/mol. The van der Waals surface area contributed by atoms with Crippen molar-refractivity contribution in [1.29, 1.82) is 0 Å². The first kappa shape index (κ1) is 114. The highest BCUT2D eigenvalue weighted by atomic mass is 16.2. The number of hydrogen-bond acceptors (Lipinski definition) is 9. The molecule has 2 fully saturated rings. The molecule has 2 saturated carbocycles. The lowest BCUT2D eigenvalue weighted by Gasteiger charge is -2.16. The van der Waals surface area contributed by atoms with Gasteiger partial charge in [0, 0.05) is 71.6 Å². The maximum atomic E-state index is 11.6. The molecule has 9 heteroatoms. The summed E-state index contributed by atoms with van der Waals surface area (Å²) in [6, 6.07) is 19.5. The molecule has 2 aliphatic rings. The predicted octanol–water partition coefficient (Wildman–Crippen LogP) is 33.3. The van der Waals surface area contributed by atoms with Gasteiger partial charge in [0.15, 0.2) is 46.3 Å². The van der Waals surface area contributed by atoms with Gasteiger partial charge in [0.1, 0.15) is 0 Å². The Kier molecular flexibility index (Phi) is 59.0. The number of carbonyl (C=O) groups excluding carboxylic acids is 9. The SMILES string of the molecule is CC(C)(C)/C=C/C(=O)CCC(C)(C)C.CC(C)(C)/C=C\C(=O)CCC(C)(C)C.CC(C)(C)CCC(=O)/C=C/C1CC1.CC(C)(C)CCC(=O)/C=C/C1CCCC1.CC(C)(C)CCC(=O)/C=C/c1ccccc1.CC(C)(C)CCC(=O)C#Cc1ccccc1.CC(C)/C=C/C(=O)CCC(C)(C)C.CC/C=C/C(=O)CCC(C)(C)C.[2H]C([2H])([2H])C(=CC(=O)CCC(C)(C)C)C([2H])([2H])[2H]. The Hall–Kier alpha value is -7.05. The van der Waals surface area contributed by atoms with Gasteiger partial charge in [-0.05, 0) is 253 Å². The summed E-state index contributed by atoms with van der Waals surface area (Å²) in [7, 11) is 0. The normalized spacial score (nSPS) is 14.5. The molecule has 0 saturated heterocycles. The van der Waals surface area contributed by atoms with E-state index in [9.17, 15) is 43.2 Å². The Morgan fingerprint density at radius 2 is 0.632 bits per heavy atom. The maximum absolute atomic E-state index is 11.6. The van der Waals surface area contributed by atoms with Crippen LogP contribution in [0.1, 0.15) is 443 Å². The second-order valence-electron chi connectivity index (χ2n) is 47.5. The van der Waals surface area contributed by atoms with Crippen molar-refractivity contribution in [3.63, 3.8) is 0 Å². The third-order valence-corrected chi connectivity index (χ3v) is 18.6. The lowest BCUT2D eigenvalue weighted by atomic mass is 9.89. The van der Waals surface area contributed by atoms with E-state index in [1.165, 1.54) is 38.5 Å². The van der Waals surface area contributed by atoms with E-state index in [0.717, 1.165) is 80.9 Å². The third kappa shape index (κ3) is 111. The molecule has 4 rings (SSSR count). The van der Waals surface area contributed by atoms with Gasteiger partial charge in [0.25, 0.3) is 0 Å². The number of rotatable bonds is 31. The Balaban J connectivity index is -0.000000456. The summed E-state index contributed by atoms with van der Waals surface area (Å²) in [5.74, 6) is 8.82. The van der Waals surface area contributed by atoms with Crippen molar-refractivity contribution in [2.75, 3.05) is 0 Å². The molecular formula is C116H192O9. The topological polar surface area (TPSA) is 154 Å². The van der Waals surface area contributed by atoms with Crippen LogP contribution < -0.4 is 0 Å². The Labute approximate surface area is 780 Å². The molecule has 710 valence electrons. The number of ketones is 9. The smallest absolute Gasteiger partial charge is 0.205 e. The van der Waals surface area contributed by atoms with Gasteiger partial charge in [-0.3, -0.25) is 43.2 Å². The molecule has 0 amide bonds. The number of hydrogen-bond donors (Lipinski definition) is 0. The minimum Gasteiger partial charge on any atom is -0.295 e. The van der Waals surface area contributed by atoms with E-state index in [1.807, 2.05) is 125 Å². The van der Waals surface area contributed by atoms with Gasteiger partial charge in [0.2, 0.25) is 5.78 Å². The summed E-state index contributed by atoms with van der Waals surface area (Å²) in [5, 5.41) is 0. The molecule has 0 aromatic heterocycles. The zero-order valence-electron chi connectivity index (χ0n) is 93.0. The first-order valence-corrected chi connectivity index (χ1v) is 47.0. The predicted molar refractivity (Wildman–Crippen MR) is 545 cm³/mol. The van der Waals surface area contributed by atoms with Crippen LogP contribution in [0.5, 0.6) is 0 Å². The summed E-state index contributed by atoms with van der Waals surface area (Å²) in [4.78, 5) is 103. The standard InChI is InChI=1S/C15H20O.C15H18O.C14H24O.2C13H24O.C12H20O.C12H22O.2C11H20O/c2*1-15(2,3)12-11-14(16)10-9-13-7-5-4-6-8-13;1-14(2,3)11-10-13(15)9-8-12-6-4-5-7-12;2*1-12(2,3)9-7-11(14)8-10-13(4,5)6;1-12(2,3)9-8-11(13)7-6-10-4-5-10;1-10(2)6-7-11(13)8-9-12(3,4)5;1-9(2)8-10(12)6-7-11(3,4)5;1-5-6-7-10(12)8-9-11(2,3)4/h4-10H,11-12H2,1-3H3;4-8H,11-12H2,1-3H3;8-9,12H,4-7,10-11H2,1-3H3;2*7,9H,8,10H2,1-6H3;6-7,10H,4-5,8-9H2,1-3H3;6-7,10H,8-9H2,1-5H3;8H,6-7H2,1-5H3;6-7H,5,8-9H2,1-4H3/b10-9+;;9-8+;9-7+;9-7-;2*7-6+;;7-6+/i;;;;;;;1D3,2D3;. The van der Waals surface area contributed by atoms with E-state index in [-0.39, 0.29) is 101 Å². The first-order chi connectivity index (χ1) is 59.1. The van der Waals surface area contributed by atoms with Gasteiger partial charge in [0.05, 0.1) is 0 Å². The third-order valence-electron chi connectivity index (χ3n) is 18.6. The fraction of sp³-hybridized carbons (Fsp3) is 0.664. The highest BCUT2D eigenvalue weighted by Crippen LogP contribution is 2.32. The van der Waals surface area contributed by atoms with Crippen LogP contribution in [-0.4, -0.2) is 52.0 Å². The van der Waals surface area contributed by atoms with E-state index >= 15 is 0 Å². The minimum atomic E-state index is -2.76. The van der Waals surface area contributed by atoms with Crippen LogP contribution in [0.4, 0.5) is 0 Å². The molecule has 2 aliphatic carbocycles. The van der Waals surface area contributed by atoms with Gasteiger partial charge in [-0.15, -0.1) is 0 Å². The fourth-order valence-electron chi connectivity index (χ4n) is 9.93. The van der Waals surface area contributed by atoms with Gasteiger partial charge in [-0.25, -0.2) is 0 Å². The highest BCUT2D eigenvalue weighted by molar-refractivity contribution is 5.96. The fourth-order valence-corrected chi connectivity index (χ4v) is 9.93. The Morgan fingerprint density at radius 1 is 0.352 bits per heavy atom. The molecule has 0 unspecified atom stereocenters. The quantitative estimate of drug-likeness (QED) is 0.0530.